The standard InChI is InChI=1S/C16H19NO6/c1-10(18)8-11-2-7-15(19)23-14(9-11)16(20)12-3-5-13(6-4-12)17(21)22/h3-6,11,14,16,20H,2,7-9H2,1H3/t11-,14-,16-/m1/s1. The van der Waals surface area contributed by atoms with Crippen molar-refractivity contribution in [2.75, 3.05) is 0 Å². The Balaban J connectivity index is 2.14. The van der Waals surface area contributed by atoms with Crippen LogP contribution in [0.5, 0.6) is 0 Å². The van der Waals surface area contributed by atoms with Gasteiger partial charge in [0, 0.05) is 25.0 Å². The Morgan fingerprint density at radius 1 is 1.43 bits per heavy atom. The first-order valence-electron chi connectivity index (χ1n) is 7.48. The lowest BCUT2D eigenvalue weighted by Crippen LogP contribution is -2.25. The second kappa shape index (κ2) is 7.32. The molecule has 2 rings (SSSR count). The van der Waals surface area contributed by atoms with Crippen molar-refractivity contribution >= 4 is 17.4 Å². The van der Waals surface area contributed by atoms with E-state index in [9.17, 15) is 24.8 Å². The zero-order valence-corrected chi connectivity index (χ0v) is 12.8. The maximum absolute atomic E-state index is 11.7. The molecule has 23 heavy (non-hydrogen) atoms. The topological polar surface area (TPSA) is 107 Å². The third kappa shape index (κ3) is 4.59. The van der Waals surface area contributed by atoms with Crippen LogP contribution in [0.15, 0.2) is 24.3 Å². The average molecular weight is 321 g/mol. The zero-order chi connectivity index (χ0) is 17.0. The van der Waals surface area contributed by atoms with E-state index in [1.807, 2.05) is 0 Å². The normalized spacial score (nSPS) is 22.8. The Hall–Kier alpha value is -2.28. The Kier molecular flexibility index (Phi) is 5.44. The molecular formula is C16H19NO6. The minimum Gasteiger partial charge on any atom is -0.459 e. The van der Waals surface area contributed by atoms with Crippen LogP contribution in [-0.4, -0.2) is 27.9 Å². The van der Waals surface area contributed by atoms with Crippen LogP contribution in [0.4, 0.5) is 5.69 Å². The van der Waals surface area contributed by atoms with Crippen LogP contribution in [0.2, 0.25) is 0 Å². The van der Waals surface area contributed by atoms with Crippen LogP contribution in [0, 0.1) is 16.0 Å². The lowest BCUT2D eigenvalue weighted by atomic mass is 9.89. The van der Waals surface area contributed by atoms with Gasteiger partial charge in [-0.25, -0.2) is 0 Å². The molecule has 0 bridgehead atoms. The van der Waals surface area contributed by atoms with Gasteiger partial charge in [0.1, 0.15) is 18.0 Å². The van der Waals surface area contributed by atoms with Gasteiger partial charge in [0.25, 0.3) is 5.69 Å². The van der Waals surface area contributed by atoms with Gasteiger partial charge in [-0.2, -0.15) is 0 Å². The van der Waals surface area contributed by atoms with Crippen LogP contribution >= 0.6 is 0 Å². The summed E-state index contributed by atoms with van der Waals surface area (Å²) >= 11 is 0. The summed E-state index contributed by atoms with van der Waals surface area (Å²) in [6.07, 6.45) is -0.310. The number of aliphatic hydroxyl groups is 1. The third-order valence-corrected chi connectivity index (χ3v) is 3.98. The molecule has 0 spiro atoms. The number of benzene rings is 1. The maximum Gasteiger partial charge on any atom is 0.306 e. The van der Waals surface area contributed by atoms with E-state index < -0.39 is 23.1 Å². The van der Waals surface area contributed by atoms with Gasteiger partial charge in [0.15, 0.2) is 0 Å². The monoisotopic (exact) mass is 321 g/mol. The highest BCUT2D eigenvalue weighted by atomic mass is 16.6. The Bertz CT molecular complexity index is 597. The van der Waals surface area contributed by atoms with E-state index in [0.717, 1.165) is 0 Å². The van der Waals surface area contributed by atoms with Gasteiger partial charge in [0.05, 0.1) is 4.92 Å². The number of non-ortho nitro benzene ring substituents is 1. The van der Waals surface area contributed by atoms with Crippen molar-refractivity contribution in [2.45, 2.75) is 44.8 Å². The van der Waals surface area contributed by atoms with Crippen LogP contribution in [-0.2, 0) is 14.3 Å². The quantitative estimate of drug-likeness (QED) is 0.506. The summed E-state index contributed by atoms with van der Waals surface area (Å²) in [7, 11) is 0. The fourth-order valence-corrected chi connectivity index (χ4v) is 2.84. The van der Waals surface area contributed by atoms with Crippen molar-refractivity contribution in [3.63, 3.8) is 0 Å². The van der Waals surface area contributed by atoms with Gasteiger partial charge in [-0.05, 0) is 43.4 Å². The summed E-state index contributed by atoms with van der Waals surface area (Å²) in [4.78, 5) is 33.1. The molecule has 1 aliphatic heterocycles. The second-order valence-electron chi connectivity index (χ2n) is 5.87. The molecule has 7 heteroatoms. The average Bonchev–Trinajstić information content (AvgIpc) is 2.68. The number of cyclic esters (lactones) is 1. The first kappa shape index (κ1) is 17.1. The number of Topliss-reactive ketones (excluding diaryl/α,β-unsaturated/α-hetero) is 1. The molecule has 1 aromatic carbocycles. The maximum atomic E-state index is 11.7. The van der Waals surface area contributed by atoms with Gasteiger partial charge in [-0.1, -0.05) is 0 Å². The van der Waals surface area contributed by atoms with Crippen molar-refractivity contribution in [1.82, 2.24) is 0 Å². The summed E-state index contributed by atoms with van der Waals surface area (Å²) in [5.74, 6) is -0.383. The minimum absolute atomic E-state index is 0.0170. The van der Waals surface area contributed by atoms with Crippen molar-refractivity contribution in [2.24, 2.45) is 5.92 Å². The molecule has 124 valence electrons. The van der Waals surface area contributed by atoms with Crippen molar-refractivity contribution < 1.29 is 24.4 Å². The van der Waals surface area contributed by atoms with E-state index >= 15 is 0 Å². The molecule has 1 aromatic rings. The molecule has 0 saturated carbocycles. The van der Waals surface area contributed by atoms with Crippen LogP contribution < -0.4 is 0 Å². The number of carbonyl (C=O) groups excluding carboxylic acids is 2. The minimum atomic E-state index is -1.08. The SMILES string of the molecule is CC(=O)C[C@H]1CCC(=O)O[C@@H]([C@H](O)c2ccc([N+](=O)[O-])cc2)C1. The van der Waals surface area contributed by atoms with Gasteiger partial charge < -0.3 is 14.6 Å². The van der Waals surface area contributed by atoms with E-state index in [-0.39, 0.29) is 23.8 Å². The molecule has 0 aromatic heterocycles. The predicted octanol–water partition coefficient (Wildman–Crippen LogP) is 2.32. The fourth-order valence-electron chi connectivity index (χ4n) is 2.84. The lowest BCUT2D eigenvalue weighted by molar-refractivity contribution is -0.384. The molecule has 1 fully saturated rings. The third-order valence-electron chi connectivity index (χ3n) is 3.98. The molecule has 1 N–H and O–H groups in total. The predicted molar refractivity (Wildman–Crippen MR) is 80.6 cm³/mol. The number of ketones is 1. The van der Waals surface area contributed by atoms with Crippen LogP contribution in [0.1, 0.15) is 44.3 Å². The number of esters is 1. The van der Waals surface area contributed by atoms with Crippen LogP contribution in [0.25, 0.3) is 0 Å². The first-order valence-corrected chi connectivity index (χ1v) is 7.48. The molecule has 3 atom stereocenters. The molecule has 1 aliphatic rings. The molecule has 0 unspecified atom stereocenters. The summed E-state index contributed by atoms with van der Waals surface area (Å²) in [5, 5.41) is 21.1. The summed E-state index contributed by atoms with van der Waals surface area (Å²) < 4.78 is 5.28. The van der Waals surface area contributed by atoms with Gasteiger partial charge >= 0.3 is 5.97 Å². The van der Waals surface area contributed by atoms with E-state index in [2.05, 4.69) is 0 Å². The molecular weight excluding hydrogens is 302 g/mol. The molecule has 7 nitrogen and oxygen atoms in total. The van der Waals surface area contributed by atoms with E-state index in [1.165, 1.54) is 31.2 Å². The van der Waals surface area contributed by atoms with Crippen molar-refractivity contribution in [3.05, 3.63) is 39.9 Å². The van der Waals surface area contributed by atoms with Gasteiger partial charge in [-0.15, -0.1) is 0 Å². The van der Waals surface area contributed by atoms with Crippen molar-refractivity contribution in [1.29, 1.82) is 0 Å². The number of hydrogen-bond donors (Lipinski definition) is 1. The Labute approximate surface area is 133 Å². The van der Waals surface area contributed by atoms with Crippen LogP contribution in [0.3, 0.4) is 0 Å². The van der Waals surface area contributed by atoms with Gasteiger partial charge in [-0.3, -0.25) is 14.9 Å². The molecule has 1 saturated heterocycles. The zero-order valence-electron chi connectivity index (χ0n) is 12.8. The summed E-state index contributed by atoms with van der Waals surface area (Å²) in [5.41, 5.74) is 0.366. The highest BCUT2D eigenvalue weighted by Crippen LogP contribution is 2.31. The summed E-state index contributed by atoms with van der Waals surface area (Å²) in [6, 6.07) is 5.48. The molecule has 1 heterocycles. The molecule has 0 amide bonds. The molecule has 0 radical (unpaired) electrons. The van der Waals surface area contributed by atoms with E-state index in [4.69, 9.17) is 4.74 Å². The number of hydrogen-bond acceptors (Lipinski definition) is 6. The van der Waals surface area contributed by atoms with E-state index in [1.54, 1.807) is 0 Å². The van der Waals surface area contributed by atoms with E-state index in [0.29, 0.717) is 24.8 Å². The largest absolute Gasteiger partial charge is 0.459 e. The second-order valence-corrected chi connectivity index (χ2v) is 5.87. The number of ether oxygens (including phenoxy) is 1. The number of carbonyl (C=O) groups is 2. The highest BCUT2D eigenvalue weighted by molar-refractivity contribution is 5.76. The number of aliphatic hydroxyl groups excluding tert-OH is 1. The van der Waals surface area contributed by atoms with Gasteiger partial charge in [0.2, 0.25) is 0 Å². The summed E-state index contributed by atoms with van der Waals surface area (Å²) in [6.45, 7) is 1.50. The fraction of sp³-hybridized carbons (Fsp3) is 0.500. The lowest BCUT2D eigenvalue weighted by Gasteiger charge is -2.24. The molecule has 0 aliphatic carbocycles. The Morgan fingerprint density at radius 3 is 2.65 bits per heavy atom. The Morgan fingerprint density at radius 2 is 2.09 bits per heavy atom. The number of rotatable bonds is 5. The number of nitrogens with zero attached hydrogens (tertiary/aromatic N) is 1. The highest BCUT2D eigenvalue weighted by Gasteiger charge is 2.32. The first-order chi connectivity index (χ1) is 10.9. The smallest absolute Gasteiger partial charge is 0.306 e. The van der Waals surface area contributed by atoms with Crippen molar-refractivity contribution in [3.8, 4) is 0 Å². The number of nitro groups is 1. The number of nitro benzene ring substituents is 1.